The molecule has 0 aliphatic carbocycles. The van der Waals surface area contributed by atoms with Crippen LogP contribution in [0.1, 0.15) is 36.6 Å². The molecule has 0 amide bonds. The number of rotatable bonds is 2. The molecular weight excluding hydrogens is 218 g/mol. The fraction of sp³-hybridized carbons (Fsp3) is 0.357. The quantitative estimate of drug-likeness (QED) is 0.701. The predicted molar refractivity (Wildman–Crippen MR) is 70.1 cm³/mol. The van der Waals surface area contributed by atoms with E-state index < -0.39 is 0 Å². The van der Waals surface area contributed by atoms with Gasteiger partial charge in [-0.2, -0.15) is 0 Å². The van der Waals surface area contributed by atoms with Gasteiger partial charge in [-0.15, -0.1) is 11.6 Å². The lowest BCUT2D eigenvalue weighted by Crippen LogP contribution is -1.93. The number of benzene rings is 1. The summed E-state index contributed by atoms with van der Waals surface area (Å²) in [5.74, 6) is 1.08. The molecule has 0 spiro atoms. The van der Waals surface area contributed by atoms with E-state index in [2.05, 4.69) is 43.1 Å². The Balaban J connectivity index is 2.71. The van der Waals surface area contributed by atoms with Crippen LogP contribution in [-0.4, -0.2) is 4.98 Å². The molecule has 84 valence electrons. The number of fused-ring (bicyclic) bond motifs is 1. The molecule has 0 saturated carbocycles. The first-order chi connectivity index (χ1) is 7.61. The van der Waals surface area contributed by atoms with Gasteiger partial charge in [0.25, 0.3) is 0 Å². The van der Waals surface area contributed by atoms with E-state index in [1.807, 2.05) is 6.92 Å². The van der Waals surface area contributed by atoms with Crippen LogP contribution in [0.5, 0.6) is 0 Å². The zero-order chi connectivity index (χ0) is 11.7. The Bertz CT molecular complexity index is 517. The predicted octanol–water partition coefficient (Wildman–Crippen LogP) is 4.41. The summed E-state index contributed by atoms with van der Waals surface area (Å²) in [6, 6.07) is 8.52. The van der Waals surface area contributed by atoms with E-state index in [1.54, 1.807) is 0 Å². The van der Waals surface area contributed by atoms with E-state index in [4.69, 9.17) is 11.6 Å². The minimum absolute atomic E-state index is 0.536. The highest BCUT2D eigenvalue weighted by Gasteiger charge is 2.06. The Morgan fingerprint density at radius 3 is 2.62 bits per heavy atom. The van der Waals surface area contributed by atoms with Crippen LogP contribution in [-0.2, 0) is 5.88 Å². The summed E-state index contributed by atoms with van der Waals surface area (Å²) in [7, 11) is 0. The molecule has 1 aromatic heterocycles. The zero-order valence-electron chi connectivity index (χ0n) is 9.92. The number of pyridine rings is 1. The Kier molecular flexibility index (Phi) is 3.15. The number of hydrogen-bond donors (Lipinski definition) is 0. The van der Waals surface area contributed by atoms with Gasteiger partial charge in [0.2, 0.25) is 0 Å². The van der Waals surface area contributed by atoms with Gasteiger partial charge in [-0.05, 0) is 42.2 Å². The highest BCUT2D eigenvalue weighted by Crippen LogP contribution is 2.24. The van der Waals surface area contributed by atoms with Crippen molar-refractivity contribution in [2.45, 2.75) is 32.6 Å². The molecule has 0 aliphatic heterocycles. The smallest absolute Gasteiger partial charge is 0.0708 e. The summed E-state index contributed by atoms with van der Waals surface area (Å²) in [5, 5.41) is 1.19. The molecule has 0 bridgehead atoms. The van der Waals surface area contributed by atoms with Crippen LogP contribution in [0.15, 0.2) is 24.3 Å². The van der Waals surface area contributed by atoms with E-state index in [9.17, 15) is 0 Å². The summed E-state index contributed by atoms with van der Waals surface area (Å²) in [6.07, 6.45) is 0. The van der Waals surface area contributed by atoms with Crippen LogP contribution >= 0.6 is 11.6 Å². The van der Waals surface area contributed by atoms with Gasteiger partial charge in [0.15, 0.2) is 0 Å². The fourth-order valence-corrected chi connectivity index (χ4v) is 2.15. The first-order valence-electron chi connectivity index (χ1n) is 5.58. The molecule has 0 N–H and O–H groups in total. The van der Waals surface area contributed by atoms with Crippen molar-refractivity contribution in [3.05, 3.63) is 41.1 Å². The standard InChI is InChI=1S/C14H16ClN/c1-9(2)11-4-5-14-13(7-11)12(8-15)6-10(3)16-14/h4-7,9H,8H2,1-3H3. The second-order valence-corrected chi connectivity index (χ2v) is 4.75. The van der Waals surface area contributed by atoms with Crippen LogP contribution in [0.4, 0.5) is 0 Å². The molecule has 2 rings (SSSR count). The van der Waals surface area contributed by atoms with Crippen molar-refractivity contribution in [3.8, 4) is 0 Å². The van der Waals surface area contributed by atoms with Crippen molar-refractivity contribution in [2.75, 3.05) is 0 Å². The molecule has 16 heavy (non-hydrogen) atoms. The number of alkyl halides is 1. The molecule has 1 heterocycles. The second kappa shape index (κ2) is 4.42. The van der Waals surface area contributed by atoms with Crippen LogP contribution in [0.3, 0.4) is 0 Å². The number of nitrogens with zero attached hydrogens (tertiary/aromatic N) is 1. The largest absolute Gasteiger partial charge is 0.253 e. The van der Waals surface area contributed by atoms with Gasteiger partial charge in [-0.3, -0.25) is 4.98 Å². The maximum absolute atomic E-state index is 5.98. The van der Waals surface area contributed by atoms with Crippen LogP contribution in [0.2, 0.25) is 0 Å². The van der Waals surface area contributed by atoms with E-state index in [0.717, 1.165) is 11.2 Å². The van der Waals surface area contributed by atoms with Gasteiger partial charge in [0.1, 0.15) is 0 Å². The summed E-state index contributed by atoms with van der Waals surface area (Å²) in [5.41, 5.74) is 4.58. The number of halogens is 1. The normalized spacial score (nSPS) is 11.3. The lowest BCUT2D eigenvalue weighted by molar-refractivity contribution is 0.868. The van der Waals surface area contributed by atoms with Gasteiger partial charge >= 0.3 is 0 Å². The number of aromatic nitrogens is 1. The minimum Gasteiger partial charge on any atom is -0.253 e. The van der Waals surface area contributed by atoms with Crippen molar-refractivity contribution in [3.63, 3.8) is 0 Å². The molecule has 0 atom stereocenters. The minimum atomic E-state index is 0.536. The van der Waals surface area contributed by atoms with E-state index in [-0.39, 0.29) is 0 Å². The average molecular weight is 234 g/mol. The second-order valence-electron chi connectivity index (χ2n) is 4.49. The van der Waals surface area contributed by atoms with Crippen LogP contribution < -0.4 is 0 Å². The maximum Gasteiger partial charge on any atom is 0.0708 e. The monoisotopic (exact) mass is 233 g/mol. The van der Waals surface area contributed by atoms with Gasteiger partial charge in [0.05, 0.1) is 5.52 Å². The summed E-state index contributed by atoms with van der Waals surface area (Å²) in [4.78, 5) is 4.53. The average Bonchev–Trinajstić information content (AvgIpc) is 2.27. The molecule has 1 aromatic carbocycles. The molecule has 2 aromatic rings. The summed E-state index contributed by atoms with van der Waals surface area (Å²) >= 11 is 5.98. The van der Waals surface area contributed by atoms with Crippen molar-refractivity contribution >= 4 is 22.5 Å². The highest BCUT2D eigenvalue weighted by molar-refractivity contribution is 6.18. The molecule has 0 radical (unpaired) electrons. The third-order valence-electron chi connectivity index (χ3n) is 2.86. The van der Waals surface area contributed by atoms with Gasteiger partial charge < -0.3 is 0 Å². The highest BCUT2D eigenvalue weighted by atomic mass is 35.5. The lowest BCUT2D eigenvalue weighted by atomic mass is 9.99. The van der Waals surface area contributed by atoms with Gasteiger partial charge in [-0.25, -0.2) is 0 Å². The van der Waals surface area contributed by atoms with Crippen molar-refractivity contribution in [1.82, 2.24) is 4.98 Å². The molecule has 1 nitrogen and oxygen atoms in total. The molecule has 0 fully saturated rings. The summed E-state index contributed by atoms with van der Waals surface area (Å²) in [6.45, 7) is 6.40. The Hall–Kier alpha value is -1.08. The van der Waals surface area contributed by atoms with Crippen molar-refractivity contribution in [2.24, 2.45) is 0 Å². The van der Waals surface area contributed by atoms with Gasteiger partial charge in [-0.1, -0.05) is 19.9 Å². The first kappa shape index (κ1) is 11.4. The molecule has 0 unspecified atom stereocenters. The Morgan fingerprint density at radius 1 is 1.25 bits per heavy atom. The molecule has 0 aliphatic rings. The third kappa shape index (κ3) is 2.05. The van der Waals surface area contributed by atoms with Crippen LogP contribution in [0.25, 0.3) is 10.9 Å². The number of hydrogen-bond acceptors (Lipinski definition) is 1. The molecular formula is C14H16ClN. The van der Waals surface area contributed by atoms with Crippen LogP contribution in [0, 0.1) is 6.92 Å². The Labute approximate surface area is 101 Å². The topological polar surface area (TPSA) is 12.9 Å². The van der Waals surface area contributed by atoms with Crippen molar-refractivity contribution in [1.29, 1.82) is 0 Å². The first-order valence-corrected chi connectivity index (χ1v) is 6.11. The van der Waals surface area contributed by atoms with E-state index in [1.165, 1.54) is 16.5 Å². The Morgan fingerprint density at radius 2 is 2.00 bits per heavy atom. The number of aryl methyl sites for hydroxylation is 1. The van der Waals surface area contributed by atoms with E-state index >= 15 is 0 Å². The van der Waals surface area contributed by atoms with Gasteiger partial charge in [0, 0.05) is 17.0 Å². The SMILES string of the molecule is Cc1cc(CCl)c2cc(C(C)C)ccc2n1. The lowest BCUT2D eigenvalue weighted by Gasteiger charge is -2.09. The molecule has 0 saturated heterocycles. The fourth-order valence-electron chi connectivity index (χ4n) is 1.93. The van der Waals surface area contributed by atoms with Crippen molar-refractivity contribution < 1.29 is 0 Å². The molecule has 2 heteroatoms. The van der Waals surface area contributed by atoms with E-state index in [0.29, 0.717) is 11.8 Å². The maximum atomic E-state index is 5.98. The summed E-state index contributed by atoms with van der Waals surface area (Å²) < 4.78 is 0. The third-order valence-corrected chi connectivity index (χ3v) is 3.15. The zero-order valence-corrected chi connectivity index (χ0v) is 10.7.